The predicted octanol–water partition coefficient (Wildman–Crippen LogP) is 3.80. The van der Waals surface area contributed by atoms with E-state index < -0.39 is 0 Å². The molecule has 2 unspecified atom stereocenters. The summed E-state index contributed by atoms with van der Waals surface area (Å²) < 4.78 is 0. The van der Waals surface area contributed by atoms with Gasteiger partial charge in [-0.25, -0.2) is 0 Å². The first-order valence-corrected chi connectivity index (χ1v) is 7.44. The van der Waals surface area contributed by atoms with E-state index in [4.69, 9.17) is 0 Å². The zero-order valence-corrected chi connectivity index (χ0v) is 11.2. The molecule has 2 atom stereocenters. The number of hydrogen-bond acceptors (Lipinski definition) is 1. The van der Waals surface area contributed by atoms with Gasteiger partial charge in [0, 0.05) is 5.69 Å². The molecule has 1 amide bonds. The van der Waals surface area contributed by atoms with Crippen LogP contribution in [0.25, 0.3) is 0 Å². The fourth-order valence-corrected chi connectivity index (χ4v) is 4.86. The average molecular weight is 254 g/mol. The molecule has 2 heteroatoms. The summed E-state index contributed by atoms with van der Waals surface area (Å²) in [4.78, 5) is 12.7. The van der Waals surface area contributed by atoms with Gasteiger partial charge in [-0.3, -0.25) is 4.79 Å². The Morgan fingerprint density at radius 2 is 1.79 bits per heavy atom. The minimum Gasteiger partial charge on any atom is -0.326 e. The van der Waals surface area contributed by atoms with Gasteiger partial charge >= 0.3 is 0 Å². The van der Waals surface area contributed by atoms with Crippen molar-refractivity contribution in [2.45, 2.75) is 38.5 Å². The molecule has 19 heavy (non-hydrogen) atoms. The lowest BCUT2D eigenvalue weighted by Crippen LogP contribution is -2.51. The molecule has 5 rings (SSSR count). The van der Waals surface area contributed by atoms with Crippen LogP contribution in [0.3, 0.4) is 0 Å². The van der Waals surface area contributed by atoms with Crippen molar-refractivity contribution >= 4 is 11.6 Å². The first-order valence-electron chi connectivity index (χ1n) is 7.44. The minimum atomic E-state index is -0.0741. The molecule has 0 spiro atoms. The Hall–Kier alpha value is -1.31. The molecule has 1 radical (unpaired) electrons. The van der Waals surface area contributed by atoms with Crippen molar-refractivity contribution in [1.82, 2.24) is 0 Å². The highest BCUT2D eigenvalue weighted by Crippen LogP contribution is 2.61. The van der Waals surface area contributed by atoms with E-state index in [1.54, 1.807) is 5.92 Å². The van der Waals surface area contributed by atoms with Crippen LogP contribution in [0.15, 0.2) is 30.3 Å². The number of amides is 1. The van der Waals surface area contributed by atoms with Gasteiger partial charge in [-0.05, 0) is 68.4 Å². The highest BCUT2D eigenvalue weighted by atomic mass is 16.2. The maximum absolute atomic E-state index is 12.7. The van der Waals surface area contributed by atoms with Gasteiger partial charge in [0.05, 0.1) is 5.41 Å². The molecule has 4 bridgehead atoms. The molecule has 99 valence electrons. The summed E-state index contributed by atoms with van der Waals surface area (Å²) in [6, 6.07) is 9.89. The first kappa shape index (κ1) is 11.5. The molecule has 4 aliphatic rings. The first-order chi connectivity index (χ1) is 9.23. The van der Waals surface area contributed by atoms with Crippen molar-refractivity contribution in [3.8, 4) is 0 Å². The molecule has 4 fully saturated rings. The number of hydrogen-bond donors (Lipinski definition) is 1. The van der Waals surface area contributed by atoms with Crippen molar-refractivity contribution < 1.29 is 4.79 Å². The summed E-state index contributed by atoms with van der Waals surface area (Å²) in [6.07, 6.45) is 7.26. The van der Waals surface area contributed by atoms with Crippen LogP contribution in [-0.4, -0.2) is 5.91 Å². The largest absolute Gasteiger partial charge is 0.326 e. The summed E-state index contributed by atoms with van der Waals surface area (Å²) in [5, 5.41) is 3.15. The van der Waals surface area contributed by atoms with Crippen molar-refractivity contribution in [1.29, 1.82) is 0 Å². The highest BCUT2D eigenvalue weighted by Gasteiger charge is 2.54. The van der Waals surface area contributed by atoms with Crippen LogP contribution in [0.2, 0.25) is 0 Å². The van der Waals surface area contributed by atoms with E-state index in [1.807, 2.05) is 30.3 Å². The normalized spacial score (nSPS) is 36.4. The number of rotatable bonds is 2. The van der Waals surface area contributed by atoms with Gasteiger partial charge in [0.1, 0.15) is 0 Å². The van der Waals surface area contributed by atoms with E-state index in [9.17, 15) is 4.79 Å². The molecule has 0 heterocycles. The lowest BCUT2D eigenvalue weighted by Gasteiger charge is -2.55. The topological polar surface area (TPSA) is 29.1 Å². The molecule has 1 aromatic carbocycles. The predicted molar refractivity (Wildman–Crippen MR) is 75.4 cm³/mol. The molecular formula is C17H20NO. The van der Waals surface area contributed by atoms with E-state index in [2.05, 4.69) is 5.32 Å². The number of carbonyl (C=O) groups excluding carboxylic acids is 1. The Morgan fingerprint density at radius 1 is 1.11 bits per heavy atom. The Kier molecular flexibility index (Phi) is 2.48. The summed E-state index contributed by atoms with van der Waals surface area (Å²) >= 11 is 0. The van der Waals surface area contributed by atoms with Crippen molar-refractivity contribution in [2.24, 2.45) is 17.3 Å². The van der Waals surface area contributed by atoms with E-state index in [0.29, 0.717) is 0 Å². The van der Waals surface area contributed by atoms with Crippen molar-refractivity contribution in [3.05, 3.63) is 36.2 Å². The number of nitrogens with one attached hydrogen (secondary N) is 1. The zero-order valence-electron chi connectivity index (χ0n) is 11.2. The maximum atomic E-state index is 12.7. The van der Waals surface area contributed by atoms with Gasteiger partial charge < -0.3 is 5.32 Å². The van der Waals surface area contributed by atoms with Gasteiger partial charge in [-0.2, -0.15) is 0 Å². The number of anilines is 1. The molecule has 4 saturated carbocycles. The molecule has 0 aliphatic heterocycles. The third-order valence-electron chi connectivity index (χ3n) is 5.28. The lowest BCUT2D eigenvalue weighted by molar-refractivity contribution is -0.134. The second-order valence-electron chi connectivity index (χ2n) is 6.81. The van der Waals surface area contributed by atoms with Gasteiger partial charge in [-0.15, -0.1) is 0 Å². The van der Waals surface area contributed by atoms with Crippen LogP contribution in [0, 0.1) is 23.2 Å². The number of carbonyl (C=O) groups is 1. The van der Waals surface area contributed by atoms with Gasteiger partial charge in [0.2, 0.25) is 5.91 Å². The van der Waals surface area contributed by atoms with Crippen molar-refractivity contribution in [2.75, 3.05) is 5.32 Å². The lowest BCUT2D eigenvalue weighted by atomic mass is 9.49. The van der Waals surface area contributed by atoms with Crippen LogP contribution in [0.4, 0.5) is 5.69 Å². The molecule has 4 aliphatic carbocycles. The maximum Gasteiger partial charge on any atom is 0.230 e. The minimum absolute atomic E-state index is 0.0741. The average Bonchev–Trinajstić information content (AvgIpc) is 2.38. The third-order valence-corrected chi connectivity index (χ3v) is 5.28. The van der Waals surface area contributed by atoms with Crippen LogP contribution in [0.5, 0.6) is 0 Å². The Bertz CT molecular complexity index is 458. The standard InChI is InChI=1S/C17H20NO/c19-16(18-15-4-2-1-3-5-15)17-9-12-6-13(10-17)8-14(7-12)11-17/h1-5,12-13H,6-11H2,(H,18,19). The second kappa shape index (κ2) is 4.09. The highest BCUT2D eigenvalue weighted by molar-refractivity contribution is 5.95. The van der Waals surface area contributed by atoms with Gasteiger partial charge in [-0.1, -0.05) is 18.2 Å². The summed E-state index contributed by atoms with van der Waals surface area (Å²) in [6.45, 7) is 0. The summed E-state index contributed by atoms with van der Waals surface area (Å²) in [5.41, 5.74) is 0.864. The van der Waals surface area contributed by atoms with E-state index in [1.165, 1.54) is 19.3 Å². The molecular weight excluding hydrogens is 234 g/mol. The molecule has 0 aromatic heterocycles. The Labute approximate surface area is 114 Å². The van der Waals surface area contributed by atoms with E-state index in [-0.39, 0.29) is 11.3 Å². The zero-order chi connectivity index (χ0) is 12.9. The van der Waals surface area contributed by atoms with Crippen LogP contribution < -0.4 is 5.32 Å². The molecule has 1 N–H and O–H groups in total. The van der Waals surface area contributed by atoms with Crippen molar-refractivity contribution in [3.63, 3.8) is 0 Å². The monoisotopic (exact) mass is 254 g/mol. The molecule has 0 saturated heterocycles. The van der Waals surface area contributed by atoms with Gasteiger partial charge in [0.25, 0.3) is 0 Å². The fraction of sp³-hybridized carbons (Fsp3) is 0.529. The third kappa shape index (κ3) is 1.89. The Morgan fingerprint density at radius 3 is 2.42 bits per heavy atom. The van der Waals surface area contributed by atoms with Crippen LogP contribution in [-0.2, 0) is 4.79 Å². The SMILES string of the molecule is O=C(Nc1ccccc1)C12C[C]3CC(CC(C3)C1)C2. The van der Waals surface area contributed by atoms with Crippen LogP contribution in [0.1, 0.15) is 38.5 Å². The molecule has 2 nitrogen and oxygen atoms in total. The smallest absolute Gasteiger partial charge is 0.230 e. The number of benzene rings is 1. The number of para-hydroxylation sites is 1. The van der Waals surface area contributed by atoms with E-state index in [0.717, 1.165) is 36.8 Å². The summed E-state index contributed by atoms with van der Waals surface area (Å²) in [7, 11) is 0. The van der Waals surface area contributed by atoms with E-state index >= 15 is 0 Å². The Balaban J connectivity index is 1.56. The van der Waals surface area contributed by atoms with Crippen LogP contribution >= 0.6 is 0 Å². The fourth-order valence-electron chi connectivity index (χ4n) is 4.86. The molecule has 1 aromatic rings. The van der Waals surface area contributed by atoms with Gasteiger partial charge in [0.15, 0.2) is 0 Å². The summed E-state index contributed by atoms with van der Waals surface area (Å²) in [5.74, 6) is 3.52. The second-order valence-corrected chi connectivity index (χ2v) is 6.81. The quantitative estimate of drug-likeness (QED) is 0.854.